The highest BCUT2D eigenvalue weighted by Crippen LogP contribution is 2.21. The third-order valence-electron chi connectivity index (χ3n) is 2.59. The zero-order chi connectivity index (χ0) is 14.3. The van der Waals surface area contributed by atoms with Crippen LogP contribution in [0.1, 0.15) is 12.0 Å². The van der Waals surface area contributed by atoms with Crippen molar-refractivity contribution in [2.75, 3.05) is 20.3 Å². The van der Waals surface area contributed by atoms with E-state index < -0.39 is 0 Å². The first kappa shape index (κ1) is 16.2. The van der Waals surface area contributed by atoms with Crippen LogP contribution in [-0.4, -0.2) is 37.4 Å². The van der Waals surface area contributed by atoms with Crippen LogP contribution in [-0.2, 0) is 16.0 Å². The molecule has 0 saturated carbocycles. The van der Waals surface area contributed by atoms with Crippen molar-refractivity contribution in [3.05, 3.63) is 33.8 Å². The molecule has 1 amide bonds. The van der Waals surface area contributed by atoms with E-state index in [1.54, 1.807) is 18.2 Å². The van der Waals surface area contributed by atoms with Crippen LogP contribution in [0.4, 0.5) is 0 Å². The summed E-state index contributed by atoms with van der Waals surface area (Å²) < 4.78 is 4.88. The van der Waals surface area contributed by atoms with Gasteiger partial charge in [-0.2, -0.15) is 0 Å². The van der Waals surface area contributed by atoms with Gasteiger partial charge >= 0.3 is 0 Å². The summed E-state index contributed by atoms with van der Waals surface area (Å²) in [4.78, 5) is 11.7. The van der Waals surface area contributed by atoms with Crippen molar-refractivity contribution in [3.8, 4) is 0 Å². The molecular weight excluding hydrogens is 289 g/mol. The first-order chi connectivity index (χ1) is 9.06. The van der Waals surface area contributed by atoms with Crippen molar-refractivity contribution in [2.24, 2.45) is 0 Å². The average molecular weight is 306 g/mol. The lowest BCUT2D eigenvalue weighted by Gasteiger charge is -2.15. The number of carbonyl (C=O) groups excluding carboxylic acids is 1. The van der Waals surface area contributed by atoms with E-state index >= 15 is 0 Å². The van der Waals surface area contributed by atoms with Gasteiger partial charge in [0.15, 0.2) is 0 Å². The first-order valence-electron chi connectivity index (χ1n) is 5.90. The van der Waals surface area contributed by atoms with E-state index in [0.717, 1.165) is 5.56 Å². The van der Waals surface area contributed by atoms with Gasteiger partial charge in [0.05, 0.1) is 19.3 Å². The summed E-state index contributed by atoms with van der Waals surface area (Å²) in [5.74, 6) is -0.151. The van der Waals surface area contributed by atoms with E-state index in [-0.39, 0.29) is 25.2 Å². The van der Waals surface area contributed by atoms with Gasteiger partial charge in [0.25, 0.3) is 0 Å². The Bertz CT molecular complexity index is 426. The molecule has 0 fully saturated rings. The highest BCUT2D eigenvalue weighted by Gasteiger charge is 2.11. The predicted molar refractivity (Wildman–Crippen MR) is 75.7 cm³/mol. The molecule has 1 atom stereocenters. The molecule has 1 rings (SSSR count). The van der Waals surface area contributed by atoms with Crippen LogP contribution in [0.3, 0.4) is 0 Å². The molecule has 0 spiro atoms. The van der Waals surface area contributed by atoms with Crippen LogP contribution in [0.15, 0.2) is 18.2 Å². The van der Waals surface area contributed by atoms with Gasteiger partial charge in [-0.3, -0.25) is 4.79 Å². The first-order valence-corrected chi connectivity index (χ1v) is 6.65. The minimum Gasteiger partial charge on any atom is -0.394 e. The van der Waals surface area contributed by atoms with E-state index in [0.29, 0.717) is 22.9 Å². The molecule has 0 aromatic heterocycles. The summed E-state index contributed by atoms with van der Waals surface area (Å²) in [6.45, 7) is 0.130. The Morgan fingerprint density at radius 3 is 2.79 bits per heavy atom. The maximum atomic E-state index is 11.7. The molecule has 0 aliphatic carbocycles. The molecule has 6 heteroatoms. The molecule has 1 unspecified atom stereocenters. The number of benzene rings is 1. The summed E-state index contributed by atoms with van der Waals surface area (Å²) in [5.41, 5.74) is 0.869. The second kappa shape index (κ2) is 8.38. The van der Waals surface area contributed by atoms with Gasteiger partial charge in [-0.1, -0.05) is 29.3 Å². The Morgan fingerprint density at radius 1 is 1.47 bits per heavy atom. The van der Waals surface area contributed by atoms with Crippen molar-refractivity contribution < 1.29 is 14.6 Å². The smallest absolute Gasteiger partial charge is 0.220 e. The van der Waals surface area contributed by atoms with Crippen molar-refractivity contribution in [2.45, 2.75) is 18.9 Å². The van der Waals surface area contributed by atoms with Crippen molar-refractivity contribution in [1.29, 1.82) is 0 Å². The highest BCUT2D eigenvalue weighted by atomic mass is 35.5. The van der Waals surface area contributed by atoms with Gasteiger partial charge < -0.3 is 15.2 Å². The topological polar surface area (TPSA) is 58.6 Å². The minimum atomic E-state index is -0.377. The number of ether oxygens (including phenoxy) is 1. The minimum absolute atomic E-state index is 0.151. The van der Waals surface area contributed by atoms with Crippen molar-refractivity contribution in [1.82, 2.24) is 5.32 Å². The van der Waals surface area contributed by atoms with Gasteiger partial charge in [-0.05, 0) is 24.1 Å². The lowest BCUT2D eigenvalue weighted by atomic mass is 10.1. The van der Waals surface area contributed by atoms with Crippen LogP contribution in [0.25, 0.3) is 0 Å². The van der Waals surface area contributed by atoms with Crippen LogP contribution in [0.5, 0.6) is 0 Å². The number of hydrogen-bond donors (Lipinski definition) is 2. The van der Waals surface area contributed by atoms with Gasteiger partial charge in [0.1, 0.15) is 0 Å². The normalized spacial score (nSPS) is 12.2. The number of nitrogens with one attached hydrogen (secondary N) is 1. The van der Waals surface area contributed by atoms with Crippen LogP contribution >= 0.6 is 23.2 Å². The van der Waals surface area contributed by atoms with E-state index in [9.17, 15) is 4.79 Å². The molecule has 0 aliphatic rings. The quantitative estimate of drug-likeness (QED) is 0.810. The molecule has 4 nitrogen and oxygen atoms in total. The number of aliphatic hydroxyl groups is 1. The van der Waals surface area contributed by atoms with E-state index in [4.69, 9.17) is 33.0 Å². The number of amides is 1. The molecule has 0 aliphatic heterocycles. The Hall–Kier alpha value is -0.810. The maximum absolute atomic E-state index is 11.7. The Balaban J connectivity index is 2.45. The summed E-state index contributed by atoms with van der Waals surface area (Å²) in [6.07, 6.45) is 0.814. The van der Waals surface area contributed by atoms with Crippen molar-refractivity contribution in [3.63, 3.8) is 0 Å². The Kier molecular flexibility index (Phi) is 7.16. The molecule has 0 heterocycles. The standard InChI is InChI=1S/C13H17Cl2NO3/c1-19-8-11(7-17)16-13(18)5-3-9-2-4-10(14)6-12(9)15/h2,4,6,11,17H,3,5,7-8H2,1H3,(H,16,18). The fourth-order valence-corrected chi connectivity index (χ4v) is 2.12. The molecular formula is C13H17Cl2NO3. The van der Waals surface area contributed by atoms with Crippen molar-refractivity contribution >= 4 is 29.1 Å². The maximum Gasteiger partial charge on any atom is 0.220 e. The molecule has 0 radical (unpaired) electrons. The second-order valence-electron chi connectivity index (χ2n) is 4.14. The van der Waals surface area contributed by atoms with Crippen LogP contribution in [0, 0.1) is 0 Å². The lowest BCUT2D eigenvalue weighted by molar-refractivity contribution is -0.122. The van der Waals surface area contributed by atoms with Gasteiger partial charge in [-0.15, -0.1) is 0 Å². The monoisotopic (exact) mass is 305 g/mol. The number of aliphatic hydroxyl groups excluding tert-OH is 1. The van der Waals surface area contributed by atoms with Gasteiger partial charge in [0.2, 0.25) is 5.91 Å². The summed E-state index contributed by atoms with van der Waals surface area (Å²) >= 11 is 11.8. The van der Waals surface area contributed by atoms with E-state index in [1.165, 1.54) is 7.11 Å². The fourth-order valence-electron chi connectivity index (χ4n) is 1.61. The number of halogens is 2. The summed E-state index contributed by atoms with van der Waals surface area (Å²) in [5, 5.41) is 12.8. The molecule has 106 valence electrons. The highest BCUT2D eigenvalue weighted by molar-refractivity contribution is 6.35. The fraction of sp³-hybridized carbons (Fsp3) is 0.462. The molecule has 2 N–H and O–H groups in total. The number of aryl methyl sites for hydroxylation is 1. The number of hydrogen-bond acceptors (Lipinski definition) is 3. The summed E-state index contributed by atoms with van der Waals surface area (Å²) in [7, 11) is 1.52. The number of rotatable bonds is 7. The largest absolute Gasteiger partial charge is 0.394 e. The third kappa shape index (κ3) is 5.78. The average Bonchev–Trinajstić information content (AvgIpc) is 2.37. The van der Waals surface area contributed by atoms with Crippen LogP contribution in [0.2, 0.25) is 10.0 Å². The molecule has 0 saturated heterocycles. The van der Waals surface area contributed by atoms with Gasteiger partial charge in [0, 0.05) is 23.6 Å². The van der Waals surface area contributed by atoms with E-state index in [1.807, 2.05) is 0 Å². The third-order valence-corrected chi connectivity index (χ3v) is 3.18. The SMILES string of the molecule is COCC(CO)NC(=O)CCc1ccc(Cl)cc1Cl. The Labute approximate surface area is 122 Å². The lowest BCUT2D eigenvalue weighted by Crippen LogP contribution is -2.40. The molecule has 1 aromatic carbocycles. The Morgan fingerprint density at radius 2 is 2.21 bits per heavy atom. The number of carbonyl (C=O) groups is 1. The second-order valence-corrected chi connectivity index (χ2v) is 4.98. The van der Waals surface area contributed by atoms with Crippen LogP contribution < -0.4 is 5.32 Å². The molecule has 0 bridgehead atoms. The number of methoxy groups -OCH3 is 1. The molecule has 19 heavy (non-hydrogen) atoms. The van der Waals surface area contributed by atoms with E-state index in [2.05, 4.69) is 5.32 Å². The zero-order valence-electron chi connectivity index (χ0n) is 10.7. The predicted octanol–water partition coefficient (Wildman–Crippen LogP) is 2.05. The summed E-state index contributed by atoms with van der Waals surface area (Å²) in [6, 6.07) is 4.81. The molecule has 1 aromatic rings. The zero-order valence-corrected chi connectivity index (χ0v) is 12.2. The van der Waals surface area contributed by atoms with Gasteiger partial charge in [-0.25, -0.2) is 0 Å².